The fourth-order valence-electron chi connectivity index (χ4n) is 3.13. The van der Waals surface area contributed by atoms with Crippen molar-refractivity contribution in [2.24, 2.45) is 5.73 Å². The van der Waals surface area contributed by atoms with Crippen molar-refractivity contribution >= 4 is 40.9 Å². The second-order valence-electron chi connectivity index (χ2n) is 6.11. The summed E-state index contributed by atoms with van der Waals surface area (Å²) in [6.45, 7) is 0.613. The van der Waals surface area contributed by atoms with Crippen LogP contribution in [-0.2, 0) is 4.74 Å². The van der Waals surface area contributed by atoms with Crippen LogP contribution in [0.15, 0.2) is 18.2 Å². The van der Waals surface area contributed by atoms with Gasteiger partial charge in [0.15, 0.2) is 5.11 Å². The Morgan fingerprint density at radius 2 is 2.36 bits per heavy atom. The third-order valence-corrected chi connectivity index (χ3v) is 5.57. The van der Waals surface area contributed by atoms with Crippen molar-refractivity contribution < 1.29 is 19.0 Å². The summed E-state index contributed by atoms with van der Waals surface area (Å²) in [6.07, 6.45) is 0.448. The van der Waals surface area contributed by atoms with Crippen molar-refractivity contribution in [1.29, 1.82) is 0 Å². The van der Waals surface area contributed by atoms with E-state index in [1.807, 2.05) is 0 Å². The molecule has 0 radical (unpaired) electrons. The van der Waals surface area contributed by atoms with Gasteiger partial charge in [-0.05, 0) is 54.4 Å². The smallest absolute Gasteiger partial charge is 0.414 e. The molecule has 3 atom stereocenters. The van der Waals surface area contributed by atoms with Gasteiger partial charge in [0.25, 0.3) is 0 Å². The zero-order valence-electron chi connectivity index (χ0n) is 13.5. The molecule has 0 saturated carbocycles. The minimum absolute atomic E-state index is 0.00153. The quantitative estimate of drug-likeness (QED) is 0.683. The molecule has 9 heteroatoms. The van der Waals surface area contributed by atoms with Crippen LogP contribution in [-0.4, -0.2) is 46.7 Å². The fraction of sp³-hybridized carbons (Fsp3) is 0.500. The van der Waals surface area contributed by atoms with Gasteiger partial charge in [-0.2, -0.15) is 0 Å². The highest BCUT2D eigenvalue weighted by Crippen LogP contribution is 2.37. The summed E-state index contributed by atoms with van der Waals surface area (Å²) in [5, 5.41) is 12.6. The Balaban J connectivity index is 1.70. The third-order valence-electron chi connectivity index (χ3n) is 4.38. The van der Waals surface area contributed by atoms with E-state index in [-0.39, 0.29) is 16.8 Å². The number of cyclic esters (lactones) is 1. The number of amides is 1. The molecule has 1 amide bonds. The van der Waals surface area contributed by atoms with Crippen LogP contribution >= 0.6 is 24.0 Å². The molecule has 25 heavy (non-hydrogen) atoms. The summed E-state index contributed by atoms with van der Waals surface area (Å²) in [7, 11) is 0. The fourth-order valence-corrected chi connectivity index (χ4v) is 4.27. The standard InChI is InChI=1S/C16H20FN3O3S2/c17-13-6-10(1-2-12(13)9-3-4-25-14(21)5-9)20-8-11(23-16(20)22)7-19-15(18)24/h1-2,6,9,11,14,21H,3-5,7-8H2,(H3,18,19,24). The van der Waals surface area contributed by atoms with E-state index in [1.54, 1.807) is 12.1 Å². The molecule has 2 heterocycles. The van der Waals surface area contributed by atoms with Gasteiger partial charge in [0, 0.05) is 0 Å². The average molecular weight is 385 g/mol. The van der Waals surface area contributed by atoms with Gasteiger partial charge in [-0.25, -0.2) is 9.18 Å². The number of hydrogen-bond donors (Lipinski definition) is 3. The van der Waals surface area contributed by atoms with Crippen LogP contribution in [0.2, 0.25) is 0 Å². The molecule has 1 aromatic carbocycles. The minimum Gasteiger partial charge on any atom is -0.442 e. The molecule has 4 N–H and O–H groups in total. The molecule has 2 aliphatic rings. The summed E-state index contributed by atoms with van der Waals surface area (Å²) in [5.41, 5.74) is 5.95. The van der Waals surface area contributed by atoms with Gasteiger partial charge in [-0.1, -0.05) is 6.07 Å². The number of aliphatic hydroxyl groups excluding tert-OH is 1. The topological polar surface area (TPSA) is 87.8 Å². The first kappa shape index (κ1) is 18.2. The molecule has 0 aromatic heterocycles. The molecule has 136 valence electrons. The van der Waals surface area contributed by atoms with Gasteiger partial charge < -0.3 is 20.9 Å². The number of carbonyl (C=O) groups is 1. The molecule has 2 aliphatic heterocycles. The average Bonchev–Trinajstić information content (AvgIpc) is 2.94. The van der Waals surface area contributed by atoms with Gasteiger partial charge in [-0.3, -0.25) is 4.90 Å². The highest BCUT2D eigenvalue weighted by atomic mass is 32.2. The third kappa shape index (κ3) is 4.34. The number of halogens is 1. The van der Waals surface area contributed by atoms with Crippen molar-refractivity contribution in [3.63, 3.8) is 0 Å². The van der Waals surface area contributed by atoms with Crippen LogP contribution in [0.3, 0.4) is 0 Å². The second kappa shape index (κ2) is 7.76. The van der Waals surface area contributed by atoms with Crippen LogP contribution < -0.4 is 16.0 Å². The lowest BCUT2D eigenvalue weighted by atomic mass is 9.92. The molecule has 3 unspecified atom stereocenters. The molecule has 2 fully saturated rings. The molecule has 1 aromatic rings. The SMILES string of the molecule is NC(=S)NCC1CN(c2ccc(C3CCSC(O)C3)c(F)c2)C(=O)O1. The van der Waals surface area contributed by atoms with Crippen LogP contribution in [0.5, 0.6) is 0 Å². The first-order valence-corrected chi connectivity index (χ1v) is 9.50. The normalized spacial score (nSPS) is 26.4. The van der Waals surface area contributed by atoms with E-state index in [0.29, 0.717) is 30.8 Å². The number of nitrogens with two attached hydrogens (primary N) is 1. The monoisotopic (exact) mass is 385 g/mol. The van der Waals surface area contributed by atoms with Gasteiger partial charge >= 0.3 is 6.09 Å². The Labute approximate surface area is 154 Å². The number of rotatable bonds is 4. The predicted octanol–water partition coefficient (Wildman–Crippen LogP) is 1.91. The maximum atomic E-state index is 14.6. The maximum absolute atomic E-state index is 14.6. The number of hydrogen-bond acceptors (Lipinski definition) is 5. The van der Waals surface area contributed by atoms with E-state index < -0.39 is 17.6 Å². The lowest BCUT2D eigenvalue weighted by Gasteiger charge is -2.26. The van der Waals surface area contributed by atoms with Crippen molar-refractivity contribution in [2.75, 3.05) is 23.7 Å². The number of benzene rings is 1. The number of anilines is 1. The van der Waals surface area contributed by atoms with Gasteiger partial charge in [0.05, 0.1) is 24.2 Å². The minimum atomic E-state index is -0.522. The summed E-state index contributed by atoms with van der Waals surface area (Å²) in [5.74, 6) is 0.445. The van der Waals surface area contributed by atoms with Crippen LogP contribution in [0.25, 0.3) is 0 Å². The highest BCUT2D eigenvalue weighted by molar-refractivity contribution is 7.99. The first-order valence-electron chi connectivity index (χ1n) is 8.04. The number of ether oxygens (including phenoxy) is 1. The Morgan fingerprint density at radius 1 is 1.56 bits per heavy atom. The highest BCUT2D eigenvalue weighted by Gasteiger charge is 2.33. The van der Waals surface area contributed by atoms with E-state index in [1.165, 1.54) is 22.7 Å². The number of nitrogens with zero attached hydrogens (tertiary/aromatic N) is 1. The van der Waals surface area contributed by atoms with E-state index in [4.69, 9.17) is 22.7 Å². The molecule has 2 saturated heterocycles. The van der Waals surface area contributed by atoms with Crippen molar-refractivity contribution in [1.82, 2.24) is 5.32 Å². The molecule has 3 rings (SSSR count). The predicted molar refractivity (Wildman–Crippen MR) is 99.2 cm³/mol. The molecule has 0 spiro atoms. The van der Waals surface area contributed by atoms with Crippen molar-refractivity contribution in [2.45, 2.75) is 30.3 Å². The molecule has 6 nitrogen and oxygen atoms in total. The summed E-state index contributed by atoms with van der Waals surface area (Å²) in [4.78, 5) is 13.4. The number of thiocarbonyl (C=S) groups is 1. The van der Waals surface area contributed by atoms with Gasteiger partial charge in [-0.15, -0.1) is 11.8 Å². The summed E-state index contributed by atoms with van der Waals surface area (Å²) in [6, 6.07) is 4.77. The lowest BCUT2D eigenvalue weighted by molar-refractivity contribution is 0.143. The zero-order valence-corrected chi connectivity index (χ0v) is 15.1. The summed E-state index contributed by atoms with van der Waals surface area (Å²) >= 11 is 6.22. The van der Waals surface area contributed by atoms with E-state index in [2.05, 4.69) is 5.32 Å². The molecular weight excluding hydrogens is 365 g/mol. The molecular formula is C16H20FN3O3S2. The van der Waals surface area contributed by atoms with Crippen molar-refractivity contribution in [3.05, 3.63) is 29.6 Å². The number of thioether (sulfide) groups is 1. The molecule has 0 bridgehead atoms. The second-order valence-corrected chi connectivity index (χ2v) is 7.84. The van der Waals surface area contributed by atoms with Crippen LogP contribution in [0.1, 0.15) is 24.3 Å². The van der Waals surface area contributed by atoms with E-state index >= 15 is 0 Å². The Hall–Kier alpha value is -1.58. The molecule has 0 aliphatic carbocycles. The van der Waals surface area contributed by atoms with Crippen LogP contribution in [0, 0.1) is 5.82 Å². The van der Waals surface area contributed by atoms with E-state index in [9.17, 15) is 14.3 Å². The summed E-state index contributed by atoms with van der Waals surface area (Å²) < 4.78 is 19.8. The first-order chi connectivity index (χ1) is 11.9. The number of nitrogens with one attached hydrogen (secondary N) is 1. The Bertz CT molecular complexity index is 676. The number of aliphatic hydroxyl groups is 1. The van der Waals surface area contributed by atoms with E-state index in [0.717, 1.165) is 12.2 Å². The maximum Gasteiger partial charge on any atom is 0.414 e. The van der Waals surface area contributed by atoms with Crippen LogP contribution in [0.4, 0.5) is 14.9 Å². The Kier molecular flexibility index (Phi) is 5.65. The largest absolute Gasteiger partial charge is 0.442 e. The lowest BCUT2D eigenvalue weighted by Crippen LogP contribution is -2.37. The Morgan fingerprint density at radius 3 is 3.04 bits per heavy atom. The van der Waals surface area contributed by atoms with Gasteiger partial charge in [0.1, 0.15) is 11.9 Å². The van der Waals surface area contributed by atoms with Gasteiger partial charge in [0.2, 0.25) is 0 Å². The zero-order chi connectivity index (χ0) is 18.0. The van der Waals surface area contributed by atoms with Crippen molar-refractivity contribution in [3.8, 4) is 0 Å². The number of carbonyl (C=O) groups excluding carboxylic acids is 1.